The Labute approximate surface area is 122 Å². The number of aromatic nitrogens is 2. The van der Waals surface area contributed by atoms with Gasteiger partial charge in [0.15, 0.2) is 5.58 Å². The monoisotopic (exact) mass is 274 g/mol. The molecule has 0 saturated carbocycles. The van der Waals surface area contributed by atoms with Crippen molar-refractivity contribution in [2.24, 2.45) is 0 Å². The van der Waals surface area contributed by atoms with Crippen LogP contribution in [0.5, 0.6) is 0 Å². The van der Waals surface area contributed by atoms with Gasteiger partial charge in [-0.3, -0.25) is 9.97 Å². The number of furan rings is 1. The van der Waals surface area contributed by atoms with Gasteiger partial charge in [-0.05, 0) is 37.1 Å². The third-order valence-electron chi connectivity index (χ3n) is 3.82. The van der Waals surface area contributed by atoms with Gasteiger partial charge in [0.1, 0.15) is 5.58 Å². The zero-order valence-electron chi connectivity index (χ0n) is 11.9. The van der Waals surface area contributed by atoms with Crippen LogP contribution in [0.25, 0.3) is 33.2 Å². The first-order valence-corrected chi connectivity index (χ1v) is 6.93. The van der Waals surface area contributed by atoms with E-state index < -0.39 is 0 Å². The molecule has 1 aromatic carbocycles. The quantitative estimate of drug-likeness (QED) is 0.506. The van der Waals surface area contributed by atoms with Gasteiger partial charge in [-0.25, -0.2) is 0 Å². The highest BCUT2D eigenvalue weighted by Crippen LogP contribution is 2.36. The van der Waals surface area contributed by atoms with E-state index in [0.29, 0.717) is 0 Å². The Morgan fingerprint density at radius 1 is 0.905 bits per heavy atom. The molecule has 21 heavy (non-hydrogen) atoms. The molecule has 0 atom stereocenters. The first-order valence-electron chi connectivity index (χ1n) is 6.93. The summed E-state index contributed by atoms with van der Waals surface area (Å²) in [4.78, 5) is 8.69. The van der Waals surface area contributed by atoms with Crippen molar-refractivity contribution in [2.45, 2.75) is 13.8 Å². The van der Waals surface area contributed by atoms with Gasteiger partial charge in [-0.2, -0.15) is 0 Å². The van der Waals surface area contributed by atoms with E-state index in [9.17, 15) is 0 Å². The van der Waals surface area contributed by atoms with Crippen LogP contribution in [0.3, 0.4) is 0 Å². The maximum absolute atomic E-state index is 6.05. The predicted molar refractivity (Wildman–Crippen MR) is 84.2 cm³/mol. The lowest BCUT2D eigenvalue weighted by molar-refractivity contribution is 0.667. The fraction of sp³-hybridized carbons (Fsp3) is 0.111. The van der Waals surface area contributed by atoms with E-state index in [1.807, 2.05) is 25.3 Å². The van der Waals surface area contributed by atoms with Crippen molar-refractivity contribution in [3.8, 4) is 11.3 Å². The normalized spacial score (nSPS) is 11.3. The van der Waals surface area contributed by atoms with Crippen LogP contribution in [0, 0.1) is 13.8 Å². The molecule has 0 unspecified atom stereocenters. The van der Waals surface area contributed by atoms with Gasteiger partial charge in [0.2, 0.25) is 0 Å². The zero-order valence-corrected chi connectivity index (χ0v) is 11.9. The Morgan fingerprint density at radius 2 is 1.81 bits per heavy atom. The second-order valence-electron chi connectivity index (χ2n) is 5.33. The summed E-state index contributed by atoms with van der Waals surface area (Å²) < 4.78 is 6.05. The topological polar surface area (TPSA) is 38.9 Å². The lowest BCUT2D eigenvalue weighted by Crippen LogP contribution is -1.88. The van der Waals surface area contributed by atoms with E-state index in [2.05, 4.69) is 35.1 Å². The number of rotatable bonds is 1. The Kier molecular flexibility index (Phi) is 2.54. The maximum Gasteiger partial charge on any atom is 0.153 e. The highest BCUT2D eigenvalue weighted by molar-refractivity contribution is 6.09. The second-order valence-corrected chi connectivity index (χ2v) is 5.33. The molecule has 0 aliphatic rings. The molecule has 102 valence electrons. The molecule has 3 heterocycles. The number of hydrogen-bond acceptors (Lipinski definition) is 3. The summed E-state index contributed by atoms with van der Waals surface area (Å²) in [6, 6.07) is 10.3. The summed E-state index contributed by atoms with van der Waals surface area (Å²) in [6.45, 7) is 4.12. The van der Waals surface area contributed by atoms with Gasteiger partial charge in [0, 0.05) is 28.7 Å². The van der Waals surface area contributed by atoms with Crippen molar-refractivity contribution in [3.05, 3.63) is 60.0 Å². The molecule has 0 saturated heterocycles. The lowest BCUT2D eigenvalue weighted by Gasteiger charge is -2.06. The van der Waals surface area contributed by atoms with Crippen molar-refractivity contribution in [1.29, 1.82) is 0 Å². The van der Waals surface area contributed by atoms with Crippen LogP contribution in [0.2, 0.25) is 0 Å². The summed E-state index contributed by atoms with van der Waals surface area (Å²) in [5.41, 5.74) is 6.00. The van der Waals surface area contributed by atoms with E-state index in [1.165, 1.54) is 0 Å². The number of nitrogens with zero attached hydrogens (tertiary/aromatic N) is 2. The van der Waals surface area contributed by atoms with Gasteiger partial charge in [-0.15, -0.1) is 0 Å². The predicted octanol–water partition coefficient (Wildman–Crippen LogP) is 4.66. The van der Waals surface area contributed by atoms with Crippen LogP contribution >= 0.6 is 0 Å². The highest BCUT2D eigenvalue weighted by atomic mass is 16.3. The molecule has 4 rings (SSSR count). The fourth-order valence-electron chi connectivity index (χ4n) is 2.73. The summed E-state index contributed by atoms with van der Waals surface area (Å²) in [5.74, 6) is 0. The standard InChI is InChI=1S/C18H14N2O/c1-11-3-6-15(20-9-11)17-12(2)4-5-14-13-7-8-19-10-16(13)21-18(14)17/h3-10H,1-2H3. The minimum absolute atomic E-state index is 0.812. The van der Waals surface area contributed by atoms with Crippen molar-refractivity contribution in [1.82, 2.24) is 9.97 Å². The van der Waals surface area contributed by atoms with Gasteiger partial charge < -0.3 is 4.42 Å². The average Bonchev–Trinajstić information content (AvgIpc) is 2.87. The molecule has 3 aromatic heterocycles. The molecule has 0 amide bonds. The SMILES string of the molecule is Cc1ccc(-c2c(C)ccc3c2oc2cnccc23)nc1. The van der Waals surface area contributed by atoms with Crippen molar-refractivity contribution < 1.29 is 4.42 Å². The number of aryl methyl sites for hydroxylation is 2. The average molecular weight is 274 g/mol. The second kappa shape index (κ2) is 4.42. The van der Waals surface area contributed by atoms with Gasteiger partial charge in [-0.1, -0.05) is 18.2 Å². The van der Waals surface area contributed by atoms with E-state index in [-0.39, 0.29) is 0 Å². The Bertz CT molecular complexity index is 952. The van der Waals surface area contributed by atoms with Crippen molar-refractivity contribution in [2.75, 3.05) is 0 Å². The molecule has 0 spiro atoms. The van der Waals surface area contributed by atoms with E-state index >= 15 is 0 Å². The van der Waals surface area contributed by atoms with Crippen LogP contribution in [0.1, 0.15) is 11.1 Å². The molecule has 4 aromatic rings. The third kappa shape index (κ3) is 1.82. The van der Waals surface area contributed by atoms with E-state index in [1.54, 1.807) is 12.4 Å². The number of benzene rings is 1. The third-order valence-corrected chi connectivity index (χ3v) is 3.82. The number of hydrogen-bond donors (Lipinski definition) is 0. The fourth-order valence-corrected chi connectivity index (χ4v) is 2.73. The Morgan fingerprint density at radius 3 is 2.62 bits per heavy atom. The summed E-state index contributed by atoms with van der Waals surface area (Å²) in [5, 5.41) is 2.20. The lowest BCUT2D eigenvalue weighted by atomic mass is 10.0. The molecule has 3 nitrogen and oxygen atoms in total. The highest BCUT2D eigenvalue weighted by Gasteiger charge is 2.15. The first kappa shape index (κ1) is 12.1. The molecule has 0 radical (unpaired) electrons. The molecule has 0 N–H and O–H groups in total. The van der Waals surface area contributed by atoms with E-state index in [4.69, 9.17) is 4.42 Å². The van der Waals surface area contributed by atoms with Crippen LogP contribution in [-0.4, -0.2) is 9.97 Å². The minimum Gasteiger partial charge on any atom is -0.454 e. The molecular formula is C18H14N2O. The summed E-state index contributed by atoms with van der Waals surface area (Å²) >= 11 is 0. The van der Waals surface area contributed by atoms with Gasteiger partial charge in [0.05, 0.1) is 11.9 Å². The molecule has 0 aliphatic carbocycles. The van der Waals surface area contributed by atoms with Crippen LogP contribution in [-0.2, 0) is 0 Å². The molecule has 3 heteroatoms. The molecule has 0 aliphatic heterocycles. The Balaban J connectivity index is 2.12. The first-order chi connectivity index (χ1) is 10.2. The molecular weight excluding hydrogens is 260 g/mol. The number of fused-ring (bicyclic) bond motifs is 3. The largest absolute Gasteiger partial charge is 0.454 e. The minimum atomic E-state index is 0.812. The van der Waals surface area contributed by atoms with Crippen LogP contribution in [0.4, 0.5) is 0 Å². The summed E-state index contributed by atoms with van der Waals surface area (Å²) in [7, 11) is 0. The summed E-state index contributed by atoms with van der Waals surface area (Å²) in [6.07, 6.45) is 5.44. The van der Waals surface area contributed by atoms with Crippen LogP contribution < -0.4 is 0 Å². The smallest absolute Gasteiger partial charge is 0.153 e. The molecule has 0 fully saturated rings. The van der Waals surface area contributed by atoms with Crippen molar-refractivity contribution >= 4 is 21.9 Å². The van der Waals surface area contributed by atoms with Gasteiger partial charge in [0.25, 0.3) is 0 Å². The Hall–Kier alpha value is -2.68. The van der Waals surface area contributed by atoms with E-state index in [0.717, 1.165) is 44.3 Å². The molecule has 0 bridgehead atoms. The van der Waals surface area contributed by atoms with Crippen molar-refractivity contribution in [3.63, 3.8) is 0 Å². The zero-order chi connectivity index (χ0) is 14.4. The maximum atomic E-state index is 6.05. The number of pyridine rings is 2. The van der Waals surface area contributed by atoms with Gasteiger partial charge >= 0.3 is 0 Å². The van der Waals surface area contributed by atoms with Crippen LogP contribution in [0.15, 0.2) is 53.3 Å².